The first-order valence-electron chi connectivity index (χ1n) is 10.0. The molecule has 2 aromatic rings. The summed E-state index contributed by atoms with van der Waals surface area (Å²) in [5, 5.41) is 5.69. The van der Waals surface area contributed by atoms with Gasteiger partial charge in [-0.25, -0.2) is 0 Å². The minimum absolute atomic E-state index is 0.0540. The third-order valence-electron chi connectivity index (χ3n) is 4.52. The van der Waals surface area contributed by atoms with Gasteiger partial charge in [0, 0.05) is 23.7 Å². The van der Waals surface area contributed by atoms with E-state index in [0.717, 1.165) is 25.0 Å². The number of amides is 2. The molecular formula is C23H30N2O4. The van der Waals surface area contributed by atoms with Crippen LogP contribution in [0.25, 0.3) is 0 Å². The van der Waals surface area contributed by atoms with Gasteiger partial charge in [-0.15, -0.1) is 0 Å². The smallest absolute Gasteiger partial charge is 0.255 e. The Morgan fingerprint density at radius 2 is 1.76 bits per heavy atom. The summed E-state index contributed by atoms with van der Waals surface area (Å²) >= 11 is 0. The van der Waals surface area contributed by atoms with Gasteiger partial charge in [0.05, 0.1) is 18.9 Å². The second-order valence-corrected chi connectivity index (χ2v) is 6.88. The van der Waals surface area contributed by atoms with Crippen molar-refractivity contribution in [2.24, 2.45) is 0 Å². The second-order valence-electron chi connectivity index (χ2n) is 6.88. The number of hydrogen-bond acceptors (Lipinski definition) is 4. The number of hydrogen-bond donors (Lipinski definition) is 2. The van der Waals surface area contributed by atoms with E-state index in [-0.39, 0.29) is 17.9 Å². The fraction of sp³-hybridized carbons (Fsp3) is 0.391. The number of carbonyl (C=O) groups is 2. The van der Waals surface area contributed by atoms with Crippen LogP contribution in [-0.4, -0.2) is 25.0 Å². The molecule has 0 aliphatic heterocycles. The standard InChI is InChI=1S/C23H30N2O4/c1-5-7-8-22(26)25-20-14-11-18(15-21(20)28-4)24-23(27)17-9-12-19(13-10-17)29-16(3)6-2/h9-16H,5-8H2,1-4H3,(H,24,27)(H,25,26)/t16-/m1/s1. The molecule has 2 aromatic carbocycles. The first-order chi connectivity index (χ1) is 14.0. The zero-order chi connectivity index (χ0) is 21.2. The molecule has 6 nitrogen and oxygen atoms in total. The van der Waals surface area contributed by atoms with Gasteiger partial charge in [0.2, 0.25) is 5.91 Å². The number of unbranched alkanes of at least 4 members (excludes halogenated alkanes) is 1. The molecule has 2 N–H and O–H groups in total. The SMILES string of the molecule is CCCCC(=O)Nc1ccc(NC(=O)c2ccc(O[C@H](C)CC)cc2)cc1OC. The molecule has 0 saturated heterocycles. The second kappa shape index (κ2) is 11.1. The number of benzene rings is 2. The Morgan fingerprint density at radius 1 is 1.03 bits per heavy atom. The van der Waals surface area contributed by atoms with Gasteiger partial charge in [0.1, 0.15) is 11.5 Å². The van der Waals surface area contributed by atoms with E-state index in [2.05, 4.69) is 17.6 Å². The number of methoxy groups -OCH3 is 1. The highest BCUT2D eigenvalue weighted by Gasteiger charge is 2.11. The van der Waals surface area contributed by atoms with Gasteiger partial charge in [0.15, 0.2) is 0 Å². The van der Waals surface area contributed by atoms with Crippen LogP contribution in [0.5, 0.6) is 11.5 Å². The molecule has 2 amide bonds. The number of carbonyl (C=O) groups excluding carboxylic acids is 2. The number of nitrogens with one attached hydrogen (secondary N) is 2. The van der Waals surface area contributed by atoms with E-state index in [9.17, 15) is 9.59 Å². The van der Waals surface area contributed by atoms with Gasteiger partial charge in [-0.1, -0.05) is 20.3 Å². The molecule has 0 bridgehead atoms. The number of ether oxygens (including phenoxy) is 2. The molecule has 0 aromatic heterocycles. The van der Waals surface area contributed by atoms with Crippen LogP contribution in [0.4, 0.5) is 11.4 Å². The number of anilines is 2. The van der Waals surface area contributed by atoms with Gasteiger partial charge >= 0.3 is 0 Å². The predicted molar refractivity (Wildman–Crippen MR) is 116 cm³/mol. The van der Waals surface area contributed by atoms with E-state index in [1.54, 1.807) is 42.5 Å². The van der Waals surface area contributed by atoms with Crippen LogP contribution in [0.2, 0.25) is 0 Å². The molecule has 0 radical (unpaired) electrons. The summed E-state index contributed by atoms with van der Waals surface area (Å²) in [5.74, 6) is 0.939. The Labute approximate surface area is 172 Å². The van der Waals surface area contributed by atoms with Crippen LogP contribution in [-0.2, 0) is 4.79 Å². The van der Waals surface area contributed by atoms with E-state index >= 15 is 0 Å². The average Bonchev–Trinajstić information content (AvgIpc) is 2.73. The predicted octanol–water partition coefficient (Wildman–Crippen LogP) is 5.25. The lowest BCUT2D eigenvalue weighted by Crippen LogP contribution is -2.14. The third kappa shape index (κ3) is 6.82. The molecular weight excluding hydrogens is 368 g/mol. The Morgan fingerprint density at radius 3 is 2.38 bits per heavy atom. The van der Waals surface area contributed by atoms with Gasteiger partial charge in [-0.3, -0.25) is 9.59 Å². The van der Waals surface area contributed by atoms with E-state index in [1.807, 2.05) is 13.8 Å². The van der Waals surface area contributed by atoms with Gasteiger partial charge in [0.25, 0.3) is 5.91 Å². The van der Waals surface area contributed by atoms with E-state index < -0.39 is 0 Å². The zero-order valence-corrected chi connectivity index (χ0v) is 17.6. The lowest BCUT2D eigenvalue weighted by atomic mass is 10.2. The van der Waals surface area contributed by atoms with Crippen molar-refractivity contribution in [2.75, 3.05) is 17.7 Å². The van der Waals surface area contributed by atoms with Crippen molar-refractivity contribution in [1.82, 2.24) is 0 Å². The van der Waals surface area contributed by atoms with E-state index in [1.165, 1.54) is 7.11 Å². The molecule has 2 rings (SSSR count). The highest BCUT2D eigenvalue weighted by atomic mass is 16.5. The van der Waals surface area contributed by atoms with Crippen LogP contribution >= 0.6 is 0 Å². The maximum Gasteiger partial charge on any atom is 0.255 e. The average molecular weight is 399 g/mol. The summed E-state index contributed by atoms with van der Waals surface area (Å²) < 4.78 is 11.1. The lowest BCUT2D eigenvalue weighted by Gasteiger charge is -2.14. The number of rotatable bonds is 10. The summed E-state index contributed by atoms with van der Waals surface area (Å²) in [6, 6.07) is 12.2. The molecule has 0 unspecified atom stereocenters. The van der Waals surface area contributed by atoms with Crippen LogP contribution in [0.15, 0.2) is 42.5 Å². The van der Waals surface area contributed by atoms with Crippen molar-refractivity contribution in [3.63, 3.8) is 0 Å². The minimum Gasteiger partial charge on any atom is -0.494 e. The Balaban J connectivity index is 2.03. The lowest BCUT2D eigenvalue weighted by molar-refractivity contribution is -0.116. The fourth-order valence-corrected chi connectivity index (χ4v) is 2.63. The van der Waals surface area contributed by atoms with Crippen molar-refractivity contribution in [3.8, 4) is 11.5 Å². The Hall–Kier alpha value is -3.02. The fourth-order valence-electron chi connectivity index (χ4n) is 2.63. The molecule has 0 heterocycles. The van der Waals surface area contributed by atoms with Gasteiger partial charge in [-0.2, -0.15) is 0 Å². The van der Waals surface area contributed by atoms with Crippen LogP contribution < -0.4 is 20.1 Å². The normalized spacial score (nSPS) is 11.4. The monoisotopic (exact) mass is 398 g/mol. The topological polar surface area (TPSA) is 76.7 Å². The van der Waals surface area contributed by atoms with Crippen molar-refractivity contribution >= 4 is 23.2 Å². The molecule has 0 spiro atoms. The zero-order valence-electron chi connectivity index (χ0n) is 17.6. The van der Waals surface area contributed by atoms with Crippen molar-refractivity contribution in [1.29, 1.82) is 0 Å². The van der Waals surface area contributed by atoms with Crippen molar-refractivity contribution in [2.45, 2.75) is 52.6 Å². The maximum absolute atomic E-state index is 12.5. The minimum atomic E-state index is -0.234. The summed E-state index contributed by atoms with van der Waals surface area (Å²) in [4.78, 5) is 24.5. The largest absolute Gasteiger partial charge is 0.494 e. The van der Waals surface area contributed by atoms with Crippen molar-refractivity contribution in [3.05, 3.63) is 48.0 Å². The van der Waals surface area contributed by atoms with Gasteiger partial charge < -0.3 is 20.1 Å². The van der Waals surface area contributed by atoms with Gasteiger partial charge in [-0.05, 0) is 56.2 Å². The van der Waals surface area contributed by atoms with Crippen LogP contribution in [0.3, 0.4) is 0 Å². The van der Waals surface area contributed by atoms with E-state index in [0.29, 0.717) is 29.1 Å². The molecule has 0 aliphatic rings. The molecule has 29 heavy (non-hydrogen) atoms. The first kappa shape index (κ1) is 22.3. The highest BCUT2D eigenvalue weighted by molar-refractivity contribution is 6.04. The molecule has 0 aliphatic carbocycles. The molecule has 1 atom stereocenters. The quantitative estimate of drug-likeness (QED) is 0.573. The summed E-state index contributed by atoms with van der Waals surface area (Å²) in [6.45, 7) is 6.10. The molecule has 156 valence electrons. The Kier molecular flexibility index (Phi) is 8.52. The molecule has 0 fully saturated rings. The Bertz CT molecular complexity index is 818. The van der Waals surface area contributed by atoms with E-state index in [4.69, 9.17) is 9.47 Å². The first-order valence-corrected chi connectivity index (χ1v) is 10.0. The summed E-state index contributed by atoms with van der Waals surface area (Å²) in [5.41, 5.74) is 1.69. The molecule has 6 heteroatoms. The summed E-state index contributed by atoms with van der Waals surface area (Å²) in [6.07, 6.45) is 3.31. The maximum atomic E-state index is 12.5. The van der Waals surface area contributed by atoms with Crippen molar-refractivity contribution < 1.29 is 19.1 Å². The van der Waals surface area contributed by atoms with Crippen LogP contribution in [0.1, 0.15) is 56.8 Å². The van der Waals surface area contributed by atoms with Crippen LogP contribution in [0, 0.1) is 0 Å². The third-order valence-corrected chi connectivity index (χ3v) is 4.52. The summed E-state index contributed by atoms with van der Waals surface area (Å²) in [7, 11) is 1.53. The molecule has 0 saturated carbocycles. The highest BCUT2D eigenvalue weighted by Crippen LogP contribution is 2.28.